The van der Waals surface area contributed by atoms with Gasteiger partial charge in [0.15, 0.2) is 0 Å². The first-order valence-corrected chi connectivity index (χ1v) is 10.7. The Hall–Kier alpha value is -2.14. The number of carbonyl (C=O) groups excluding carboxylic acids is 2. The zero-order valence-corrected chi connectivity index (χ0v) is 16.8. The molecular formula is C23H33N3O2. The molecule has 3 rings (SSSR count). The summed E-state index contributed by atoms with van der Waals surface area (Å²) in [6.45, 7) is 5.31. The molecule has 1 N–H and O–H groups in total. The lowest BCUT2D eigenvalue weighted by molar-refractivity contribution is -0.132. The van der Waals surface area contributed by atoms with Crippen molar-refractivity contribution in [1.82, 2.24) is 15.1 Å². The molecule has 0 saturated carbocycles. The first-order valence-electron chi connectivity index (χ1n) is 10.7. The zero-order valence-electron chi connectivity index (χ0n) is 16.8. The third kappa shape index (κ3) is 6.48. The van der Waals surface area contributed by atoms with Gasteiger partial charge in [-0.1, -0.05) is 43.2 Å². The van der Waals surface area contributed by atoms with Crippen LogP contribution < -0.4 is 5.32 Å². The molecule has 0 radical (unpaired) electrons. The van der Waals surface area contributed by atoms with Crippen molar-refractivity contribution in [3.8, 4) is 0 Å². The Labute approximate surface area is 168 Å². The number of likely N-dealkylation sites (tertiary alicyclic amines) is 2. The first kappa shape index (κ1) is 20.6. The fraction of sp³-hybridized carbons (Fsp3) is 0.565. The molecule has 1 aromatic rings. The molecule has 2 fully saturated rings. The van der Waals surface area contributed by atoms with E-state index < -0.39 is 0 Å². The quantitative estimate of drug-likeness (QED) is 0.769. The molecule has 2 aliphatic heterocycles. The summed E-state index contributed by atoms with van der Waals surface area (Å²) >= 11 is 0. The second-order valence-electron chi connectivity index (χ2n) is 7.89. The number of nitrogens with zero attached hydrogens (tertiary/aromatic N) is 2. The highest BCUT2D eigenvalue weighted by molar-refractivity contribution is 5.92. The van der Waals surface area contributed by atoms with Gasteiger partial charge in [0.05, 0.1) is 0 Å². The molecule has 0 bridgehead atoms. The van der Waals surface area contributed by atoms with Crippen molar-refractivity contribution in [2.24, 2.45) is 5.92 Å². The predicted molar refractivity (Wildman–Crippen MR) is 113 cm³/mol. The molecule has 0 unspecified atom stereocenters. The Balaban J connectivity index is 1.35. The minimum absolute atomic E-state index is 0.0314. The molecule has 2 saturated heterocycles. The van der Waals surface area contributed by atoms with Gasteiger partial charge >= 0.3 is 0 Å². The monoisotopic (exact) mass is 383 g/mol. The lowest BCUT2D eigenvalue weighted by Crippen LogP contribution is -2.44. The number of amides is 2. The largest absolute Gasteiger partial charge is 0.355 e. The van der Waals surface area contributed by atoms with Crippen molar-refractivity contribution in [2.45, 2.75) is 38.5 Å². The van der Waals surface area contributed by atoms with Crippen LogP contribution in [-0.2, 0) is 9.59 Å². The van der Waals surface area contributed by atoms with Gasteiger partial charge in [-0.05, 0) is 50.4 Å². The fourth-order valence-corrected chi connectivity index (χ4v) is 4.04. The third-order valence-corrected chi connectivity index (χ3v) is 5.82. The van der Waals surface area contributed by atoms with Crippen LogP contribution in [0.1, 0.15) is 44.1 Å². The van der Waals surface area contributed by atoms with Gasteiger partial charge in [-0.25, -0.2) is 0 Å². The van der Waals surface area contributed by atoms with Gasteiger partial charge in [-0.2, -0.15) is 0 Å². The van der Waals surface area contributed by atoms with E-state index in [1.165, 1.54) is 25.7 Å². The highest BCUT2D eigenvalue weighted by Gasteiger charge is 2.26. The van der Waals surface area contributed by atoms with Gasteiger partial charge in [0.2, 0.25) is 11.8 Å². The molecule has 0 aliphatic carbocycles. The maximum atomic E-state index is 12.4. The molecule has 2 amide bonds. The summed E-state index contributed by atoms with van der Waals surface area (Å²) in [5.41, 5.74) is 1.02. The van der Waals surface area contributed by atoms with E-state index in [4.69, 9.17) is 0 Å². The van der Waals surface area contributed by atoms with Gasteiger partial charge in [-0.3, -0.25) is 9.59 Å². The van der Waals surface area contributed by atoms with E-state index in [-0.39, 0.29) is 17.7 Å². The van der Waals surface area contributed by atoms with Crippen molar-refractivity contribution in [3.05, 3.63) is 42.0 Å². The van der Waals surface area contributed by atoms with E-state index in [2.05, 4.69) is 10.2 Å². The summed E-state index contributed by atoms with van der Waals surface area (Å²) in [4.78, 5) is 29.1. The minimum Gasteiger partial charge on any atom is -0.355 e. The number of rotatable bonds is 6. The van der Waals surface area contributed by atoms with Gasteiger partial charge in [0.25, 0.3) is 0 Å². The Morgan fingerprint density at radius 2 is 1.64 bits per heavy atom. The Kier molecular flexibility index (Phi) is 8.09. The number of hydrogen-bond acceptors (Lipinski definition) is 3. The Bertz CT molecular complexity index is 643. The predicted octanol–water partition coefficient (Wildman–Crippen LogP) is 2.93. The normalized spacial score (nSPS) is 19.5. The van der Waals surface area contributed by atoms with Crippen LogP contribution >= 0.6 is 0 Å². The number of benzene rings is 1. The molecule has 5 nitrogen and oxygen atoms in total. The van der Waals surface area contributed by atoms with E-state index in [0.717, 1.165) is 44.6 Å². The third-order valence-electron chi connectivity index (χ3n) is 5.82. The summed E-state index contributed by atoms with van der Waals surface area (Å²) in [6, 6.07) is 9.84. The van der Waals surface area contributed by atoms with Crippen LogP contribution in [0, 0.1) is 5.92 Å². The standard InChI is InChI=1S/C23H33N3O2/c27-22(11-10-20-8-4-3-5-9-20)26-17-12-21(13-18-26)23(28)24-14-19-25-15-6-1-2-7-16-25/h3-5,8-11,21H,1-2,6-7,12-19H2,(H,24,28)/b11-10+. The SMILES string of the molecule is O=C(NCCN1CCCCCC1)C1CCN(C(=O)/C=C/c2ccccc2)CC1. The molecule has 0 atom stereocenters. The molecular weight excluding hydrogens is 350 g/mol. The average molecular weight is 384 g/mol. The van der Waals surface area contributed by atoms with Crippen molar-refractivity contribution < 1.29 is 9.59 Å². The molecule has 28 heavy (non-hydrogen) atoms. The maximum absolute atomic E-state index is 12.4. The molecule has 152 valence electrons. The fourth-order valence-electron chi connectivity index (χ4n) is 4.04. The molecule has 1 aromatic carbocycles. The van der Waals surface area contributed by atoms with Gasteiger partial charge < -0.3 is 15.1 Å². The van der Waals surface area contributed by atoms with E-state index in [1.807, 2.05) is 41.3 Å². The highest BCUT2D eigenvalue weighted by atomic mass is 16.2. The van der Waals surface area contributed by atoms with Crippen LogP contribution in [0.4, 0.5) is 0 Å². The first-order chi connectivity index (χ1) is 13.7. The second kappa shape index (κ2) is 11.0. The summed E-state index contributed by atoms with van der Waals surface area (Å²) in [7, 11) is 0. The number of carbonyl (C=O) groups is 2. The average Bonchev–Trinajstić information content (AvgIpc) is 3.02. The van der Waals surface area contributed by atoms with Crippen LogP contribution in [0.25, 0.3) is 6.08 Å². The summed E-state index contributed by atoms with van der Waals surface area (Å²) in [6.07, 6.45) is 10.2. The lowest BCUT2D eigenvalue weighted by atomic mass is 9.96. The smallest absolute Gasteiger partial charge is 0.246 e. The summed E-state index contributed by atoms with van der Waals surface area (Å²) in [5, 5.41) is 3.11. The van der Waals surface area contributed by atoms with Gasteiger partial charge in [-0.15, -0.1) is 0 Å². The van der Waals surface area contributed by atoms with Crippen LogP contribution in [0.15, 0.2) is 36.4 Å². The number of nitrogens with one attached hydrogen (secondary N) is 1. The Morgan fingerprint density at radius 3 is 2.32 bits per heavy atom. The van der Waals surface area contributed by atoms with E-state index >= 15 is 0 Å². The van der Waals surface area contributed by atoms with E-state index in [0.29, 0.717) is 13.1 Å². The highest BCUT2D eigenvalue weighted by Crippen LogP contribution is 2.18. The minimum atomic E-state index is 0.0314. The topological polar surface area (TPSA) is 52.7 Å². The molecule has 0 spiro atoms. The van der Waals surface area contributed by atoms with Crippen molar-refractivity contribution in [1.29, 1.82) is 0 Å². The van der Waals surface area contributed by atoms with Gasteiger partial charge in [0.1, 0.15) is 0 Å². The van der Waals surface area contributed by atoms with Crippen LogP contribution in [0.2, 0.25) is 0 Å². The van der Waals surface area contributed by atoms with E-state index in [1.54, 1.807) is 6.08 Å². The second-order valence-corrected chi connectivity index (χ2v) is 7.89. The van der Waals surface area contributed by atoms with Gasteiger partial charge in [0, 0.05) is 38.2 Å². The molecule has 2 aliphatic rings. The van der Waals surface area contributed by atoms with Crippen LogP contribution in [-0.4, -0.2) is 60.9 Å². The zero-order chi connectivity index (χ0) is 19.6. The van der Waals surface area contributed by atoms with Crippen LogP contribution in [0.3, 0.4) is 0 Å². The Morgan fingerprint density at radius 1 is 0.964 bits per heavy atom. The molecule has 0 aromatic heterocycles. The van der Waals surface area contributed by atoms with Crippen molar-refractivity contribution >= 4 is 17.9 Å². The number of hydrogen-bond donors (Lipinski definition) is 1. The maximum Gasteiger partial charge on any atom is 0.246 e. The van der Waals surface area contributed by atoms with Crippen molar-refractivity contribution in [2.75, 3.05) is 39.3 Å². The van der Waals surface area contributed by atoms with Crippen LogP contribution in [0.5, 0.6) is 0 Å². The lowest BCUT2D eigenvalue weighted by Gasteiger charge is -2.31. The molecule has 5 heteroatoms. The summed E-state index contributed by atoms with van der Waals surface area (Å²) in [5.74, 6) is 0.219. The number of piperidine rings is 1. The molecule has 2 heterocycles. The summed E-state index contributed by atoms with van der Waals surface area (Å²) < 4.78 is 0. The van der Waals surface area contributed by atoms with Crippen molar-refractivity contribution in [3.63, 3.8) is 0 Å². The van der Waals surface area contributed by atoms with E-state index in [9.17, 15) is 9.59 Å².